The molecule has 1 aromatic rings. The lowest BCUT2D eigenvalue weighted by molar-refractivity contribution is -0.385. The molecule has 0 aliphatic carbocycles. The van der Waals surface area contributed by atoms with Gasteiger partial charge in [-0.05, 0) is 39.4 Å². The van der Waals surface area contributed by atoms with Gasteiger partial charge in [-0.2, -0.15) is 0 Å². The predicted octanol–water partition coefficient (Wildman–Crippen LogP) is 4.47. The van der Waals surface area contributed by atoms with Crippen LogP contribution in [0.5, 0.6) is 0 Å². The van der Waals surface area contributed by atoms with E-state index in [0.29, 0.717) is 16.3 Å². The molecule has 0 saturated carbocycles. The van der Waals surface area contributed by atoms with Gasteiger partial charge in [-0.1, -0.05) is 33.8 Å². The summed E-state index contributed by atoms with van der Waals surface area (Å²) >= 11 is 3.22. The van der Waals surface area contributed by atoms with Gasteiger partial charge >= 0.3 is 0 Å². The first-order valence-electron chi connectivity index (χ1n) is 6.94. The highest BCUT2D eigenvalue weighted by molar-refractivity contribution is 9.10. The smallest absolute Gasteiger partial charge is 0.283 e. The SMILES string of the molecule is CC(C)CN(Cc1ccc(Br)c([N+](=O)[O-])c1)CC(C)C. The second-order valence-corrected chi connectivity index (χ2v) is 6.88. The van der Waals surface area contributed by atoms with Crippen molar-refractivity contribution in [2.24, 2.45) is 11.8 Å². The molecule has 4 nitrogen and oxygen atoms in total. The van der Waals surface area contributed by atoms with Crippen molar-refractivity contribution in [3.8, 4) is 0 Å². The molecule has 1 aromatic carbocycles. The molecular weight excluding hydrogens is 320 g/mol. The lowest BCUT2D eigenvalue weighted by atomic mass is 10.1. The van der Waals surface area contributed by atoms with Crippen LogP contribution in [-0.2, 0) is 6.54 Å². The van der Waals surface area contributed by atoms with E-state index in [9.17, 15) is 10.1 Å². The van der Waals surface area contributed by atoms with Gasteiger partial charge in [0.05, 0.1) is 9.40 Å². The average molecular weight is 343 g/mol. The predicted molar refractivity (Wildman–Crippen MR) is 85.7 cm³/mol. The summed E-state index contributed by atoms with van der Waals surface area (Å²) in [6.07, 6.45) is 0. The molecule has 0 aliphatic heterocycles. The summed E-state index contributed by atoms with van der Waals surface area (Å²) in [5, 5.41) is 11.0. The maximum atomic E-state index is 11.0. The van der Waals surface area contributed by atoms with Crippen molar-refractivity contribution in [2.45, 2.75) is 34.2 Å². The summed E-state index contributed by atoms with van der Waals surface area (Å²) in [5.74, 6) is 1.17. The van der Waals surface area contributed by atoms with Crippen LogP contribution in [-0.4, -0.2) is 22.9 Å². The largest absolute Gasteiger partial charge is 0.299 e. The fourth-order valence-corrected chi connectivity index (χ4v) is 2.68. The highest BCUT2D eigenvalue weighted by atomic mass is 79.9. The summed E-state index contributed by atoms with van der Waals surface area (Å²) in [4.78, 5) is 13.0. The van der Waals surface area contributed by atoms with E-state index < -0.39 is 0 Å². The highest BCUT2D eigenvalue weighted by Crippen LogP contribution is 2.26. The van der Waals surface area contributed by atoms with Crippen LogP contribution in [0.2, 0.25) is 0 Å². The Morgan fingerprint density at radius 2 is 1.75 bits per heavy atom. The fourth-order valence-electron chi connectivity index (χ4n) is 2.29. The zero-order chi connectivity index (χ0) is 15.3. The highest BCUT2D eigenvalue weighted by Gasteiger charge is 2.15. The Kier molecular flexibility index (Phi) is 6.62. The minimum Gasteiger partial charge on any atom is -0.299 e. The van der Waals surface area contributed by atoms with E-state index in [4.69, 9.17) is 0 Å². The number of halogens is 1. The molecule has 0 aliphatic rings. The van der Waals surface area contributed by atoms with E-state index in [2.05, 4.69) is 48.5 Å². The number of rotatable bonds is 7. The number of hydrogen-bond donors (Lipinski definition) is 0. The zero-order valence-electron chi connectivity index (χ0n) is 12.6. The van der Waals surface area contributed by atoms with Crippen LogP contribution in [0.15, 0.2) is 22.7 Å². The van der Waals surface area contributed by atoms with Crippen LogP contribution >= 0.6 is 15.9 Å². The van der Waals surface area contributed by atoms with Crippen LogP contribution in [0.4, 0.5) is 5.69 Å². The third-order valence-corrected chi connectivity index (χ3v) is 3.53. The van der Waals surface area contributed by atoms with E-state index >= 15 is 0 Å². The van der Waals surface area contributed by atoms with Crippen molar-refractivity contribution in [3.05, 3.63) is 38.3 Å². The van der Waals surface area contributed by atoms with E-state index in [1.807, 2.05) is 6.07 Å². The second-order valence-electron chi connectivity index (χ2n) is 6.02. The fraction of sp³-hybridized carbons (Fsp3) is 0.600. The van der Waals surface area contributed by atoms with Crippen LogP contribution in [0, 0.1) is 22.0 Å². The molecule has 0 atom stereocenters. The Hall–Kier alpha value is -0.940. The lowest BCUT2D eigenvalue weighted by Crippen LogP contribution is -2.30. The minimum atomic E-state index is -0.344. The van der Waals surface area contributed by atoms with Crippen molar-refractivity contribution in [1.29, 1.82) is 0 Å². The number of nitrogens with zero attached hydrogens (tertiary/aromatic N) is 2. The molecule has 0 spiro atoms. The summed E-state index contributed by atoms with van der Waals surface area (Å²) < 4.78 is 0.533. The summed E-state index contributed by atoms with van der Waals surface area (Å²) in [7, 11) is 0. The van der Waals surface area contributed by atoms with Gasteiger partial charge in [0.2, 0.25) is 0 Å². The molecular formula is C15H23BrN2O2. The topological polar surface area (TPSA) is 46.4 Å². The van der Waals surface area contributed by atoms with Crippen molar-refractivity contribution < 1.29 is 4.92 Å². The number of benzene rings is 1. The molecule has 0 bridgehead atoms. The van der Waals surface area contributed by atoms with Crippen molar-refractivity contribution in [1.82, 2.24) is 4.90 Å². The summed E-state index contributed by atoms with van der Waals surface area (Å²) in [5.41, 5.74) is 1.12. The Morgan fingerprint density at radius 3 is 2.20 bits per heavy atom. The van der Waals surface area contributed by atoms with Gasteiger partial charge in [0.25, 0.3) is 5.69 Å². The lowest BCUT2D eigenvalue weighted by Gasteiger charge is -2.26. The van der Waals surface area contributed by atoms with Crippen molar-refractivity contribution in [3.63, 3.8) is 0 Å². The van der Waals surface area contributed by atoms with Gasteiger partial charge in [-0.3, -0.25) is 15.0 Å². The molecule has 0 aromatic heterocycles. The quantitative estimate of drug-likeness (QED) is 0.542. The monoisotopic (exact) mass is 342 g/mol. The first-order valence-corrected chi connectivity index (χ1v) is 7.74. The second kappa shape index (κ2) is 7.74. The summed E-state index contributed by atoms with van der Waals surface area (Å²) in [6, 6.07) is 5.37. The number of hydrogen-bond acceptors (Lipinski definition) is 3. The standard InChI is InChI=1S/C15H23BrN2O2/c1-11(2)8-17(9-12(3)4)10-13-5-6-14(16)15(7-13)18(19)20/h5-7,11-12H,8-10H2,1-4H3. The number of nitro benzene ring substituents is 1. The number of nitro groups is 1. The molecule has 0 N–H and O–H groups in total. The van der Waals surface area contributed by atoms with Crippen LogP contribution < -0.4 is 0 Å². The molecule has 0 amide bonds. The first-order chi connectivity index (χ1) is 9.29. The Balaban J connectivity index is 2.87. The molecule has 20 heavy (non-hydrogen) atoms. The molecule has 0 fully saturated rings. The molecule has 0 unspecified atom stereocenters. The van der Waals surface area contributed by atoms with Crippen LogP contribution in [0.3, 0.4) is 0 Å². The third-order valence-electron chi connectivity index (χ3n) is 2.86. The molecule has 112 valence electrons. The Morgan fingerprint density at radius 1 is 1.20 bits per heavy atom. The van der Waals surface area contributed by atoms with E-state index in [-0.39, 0.29) is 10.6 Å². The third kappa shape index (κ3) is 5.59. The van der Waals surface area contributed by atoms with Gasteiger partial charge in [0.15, 0.2) is 0 Å². The first kappa shape index (κ1) is 17.1. The molecule has 0 heterocycles. The van der Waals surface area contributed by atoms with Crippen molar-refractivity contribution >= 4 is 21.6 Å². The normalized spacial score (nSPS) is 11.6. The Labute approximate surface area is 129 Å². The Bertz CT molecular complexity index is 451. The average Bonchev–Trinajstić information content (AvgIpc) is 2.29. The molecule has 5 heteroatoms. The van der Waals surface area contributed by atoms with Gasteiger partial charge in [-0.15, -0.1) is 0 Å². The van der Waals surface area contributed by atoms with E-state index in [0.717, 1.165) is 25.2 Å². The molecule has 1 rings (SSSR count). The van der Waals surface area contributed by atoms with Gasteiger partial charge in [-0.25, -0.2) is 0 Å². The maximum Gasteiger partial charge on any atom is 0.283 e. The summed E-state index contributed by atoms with van der Waals surface area (Å²) in [6.45, 7) is 11.5. The van der Waals surface area contributed by atoms with Gasteiger partial charge in [0.1, 0.15) is 0 Å². The molecule has 0 radical (unpaired) electrons. The zero-order valence-corrected chi connectivity index (χ0v) is 14.2. The van der Waals surface area contributed by atoms with E-state index in [1.54, 1.807) is 12.1 Å². The molecule has 0 saturated heterocycles. The van der Waals surface area contributed by atoms with Gasteiger partial charge in [0, 0.05) is 25.7 Å². The van der Waals surface area contributed by atoms with E-state index in [1.165, 1.54) is 0 Å². The van der Waals surface area contributed by atoms with Gasteiger partial charge < -0.3 is 0 Å². The van der Waals surface area contributed by atoms with Crippen molar-refractivity contribution in [2.75, 3.05) is 13.1 Å². The van der Waals surface area contributed by atoms with Crippen LogP contribution in [0.1, 0.15) is 33.3 Å². The van der Waals surface area contributed by atoms with Crippen LogP contribution in [0.25, 0.3) is 0 Å². The minimum absolute atomic E-state index is 0.136. The maximum absolute atomic E-state index is 11.0.